The van der Waals surface area contributed by atoms with Crippen LogP contribution < -0.4 is 0 Å². The number of carbonyl (C=O) groups excluding carboxylic acids is 6. The number of fused-ring (bicyclic) bond motifs is 15. The fourth-order valence-corrected chi connectivity index (χ4v) is 23.3. The zero-order valence-corrected chi connectivity index (χ0v) is 97.6. The van der Waals surface area contributed by atoms with Gasteiger partial charge < -0.3 is 94.8 Å². The van der Waals surface area contributed by atoms with Gasteiger partial charge in [-0.05, 0) is 123 Å². The van der Waals surface area contributed by atoms with Crippen LogP contribution in [0.5, 0.6) is 0 Å². The van der Waals surface area contributed by atoms with Gasteiger partial charge in [0.25, 0.3) is 0 Å². The fourth-order valence-electron chi connectivity index (χ4n) is 22.3. The predicted octanol–water partition coefficient (Wildman–Crippen LogP) is 4.51. The molecular weight excluding hydrogens is 2820 g/mol. The summed E-state index contributed by atoms with van der Waals surface area (Å²) in [6.07, 6.45) is -14.5. The zero-order valence-electron chi connectivity index (χ0n) is 67.5. The molecule has 19 unspecified atom stereocenters. The number of Topliss-reactive ketones (excluding diaryl/α,β-unsaturated/α-hetero) is 3. The standard InChI is InChI=1S/C29H36O8S2.C27H34O9.C27H34O8.6Ac/c1-14-17(30)12-29(35)23(37-24(33)15-9-7-6-8-10-15)21-27(4,22(32)20(31)19(14)26(29,2)3)16(25(38)39-5)11-18-28(21,34)13-36-18;1-13-15(28)11-27(34)22(36-23(32)14-8-6-5-7-9-14)20-25(4,16(29)10-17-26(20,33)12-35-17)21(31)19(30)18(13)24(27,2)3;1-14-16(28)12-27(33)22(35-23(31)15-8-6-5-7-9-15)20-25(4,11-10-17-26(20,32)13-34-17)21(30)19(29)18(14)24(27,2)3;;;;;;/h6-10,16-18,20-21,23,30-31,34-35H,11-13H2,1-5H3;5-9,15-17,19-20,22,28-30,33-34H,10-12H2,1-4H3;5-9,16-17,19-20,22,28-29,32-33H,10-13H2,1-4H3;;;;;;/t16-,17?,18?,20?,21?,23?,27-,28+,29?;15?,16?,17?,19?,20?,22?,25-,26+,27?;16?,17?,19?,20?,22?,25-,26+,27?;;;;;;/m111....../s1. The fraction of sp³-hybridized carbons (Fsp3) is 0.627. The van der Waals surface area contributed by atoms with Crippen LogP contribution in [0.2, 0.25) is 0 Å². The van der Waals surface area contributed by atoms with Crippen LogP contribution in [0.4, 0.5) is 0 Å². The maximum atomic E-state index is 14.5. The number of aliphatic hydroxyl groups is 13. The number of carbonyl (C=O) groups is 6. The molecule has 25 nitrogen and oxygen atoms in total. The van der Waals surface area contributed by atoms with Crippen LogP contribution in [-0.4, -0.2) is 245 Å². The van der Waals surface area contributed by atoms with Crippen LogP contribution in [0.1, 0.15) is 159 Å². The van der Waals surface area contributed by atoms with Gasteiger partial charge in [0.15, 0.2) is 17.3 Å². The number of aliphatic hydroxyl groups excluding tert-OH is 7. The molecular formula is C83H104Ac6O25S2. The smallest absolute Gasteiger partial charge is 0.338 e. The van der Waals surface area contributed by atoms with E-state index in [1.165, 1.54) is 18.7 Å². The number of ether oxygens (including phenoxy) is 6. The number of benzene rings is 3. The molecule has 6 bridgehead atoms. The molecule has 0 aromatic heterocycles. The van der Waals surface area contributed by atoms with Crippen molar-refractivity contribution >= 4 is 63.4 Å². The molecule has 6 saturated carbocycles. The first-order chi connectivity index (χ1) is 51.2. The van der Waals surface area contributed by atoms with E-state index in [9.17, 15) is 95.2 Å². The Morgan fingerprint density at radius 1 is 0.431 bits per heavy atom. The number of esters is 3. The first-order valence-electron chi connectivity index (χ1n) is 37.7. The van der Waals surface area contributed by atoms with Gasteiger partial charge in [-0.2, -0.15) is 0 Å². The van der Waals surface area contributed by atoms with Crippen LogP contribution in [0.25, 0.3) is 0 Å². The summed E-state index contributed by atoms with van der Waals surface area (Å²) in [6, 6.07) is 24.7. The minimum atomic E-state index is -2.02. The minimum Gasteiger partial charge on any atom is -0.455 e. The summed E-state index contributed by atoms with van der Waals surface area (Å²) < 4.78 is 35.7. The summed E-state index contributed by atoms with van der Waals surface area (Å²) in [7, 11) is 0. The van der Waals surface area contributed by atoms with Gasteiger partial charge >= 0.3 is 17.9 Å². The van der Waals surface area contributed by atoms with Gasteiger partial charge in [-0.25, -0.2) is 14.4 Å². The molecule has 3 aromatic rings. The Kier molecular flexibility index (Phi) is 34.6. The number of hydrogen-bond acceptors (Lipinski definition) is 27. The quantitative estimate of drug-likeness (QED) is 0.0670. The number of rotatable bonds is 7. The van der Waals surface area contributed by atoms with E-state index in [1.54, 1.807) is 173 Å². The minimum absolute atomic E-state index is 0. The van der Waals surface area contributed by atoms with Crippen LogP contribution in [-0.2, 0) is 42.8 Å². The van der Waals surface area contributed by atoms with Crippen molar-refractivity contribution in [1.82, 2.24) is 0 Å². The monoisotopic (exact) mass is 2930 g/mol. The largest absolute Gasteiger partial charge is 0.455 e. The zero-order chi connectivity index (χ0) is 80.7. The van der Waals surface area contributed by atoms with Crippen molar-refractivity contribution < 1.29 is 388 Å². The maximum Gasteiger partial charge on any atom is 0.338 e. The third kappa shape index (κ3) is 16.2. The summed E-state index contributed by atoms with van der Waals surface area (Å²) in [4.78, 5) is 82.9. The summed E-state index contributed by atoms with van der Waals surface area (Å²) in [6.45, 7) is 19.2. The van der Waals surface area contributed by atoms with E-state index in [2.05, 4.69) is 0 Å². The second kappa shape index (κ2) is 37.9. The molecule has 3 heterocycles. The van der Waals surface area contributed by atoms with Gasteiger partial charge in [-0.1, -0.05) is 122 Å². The Hall–Kier alpha value is 2.75. The van der Waals surface area contributed by atoms with E-state index in [1.807, 2.05) is 0 Å². The van der Waals surface area contributed by atoms with E-state index in [4.69, 9.17) is 40.6 Å². The van der Waals surface area contributed by atoms with Crippen LogP contribution in [0.3, 0.4) is 0 Å². The molecule has 3 aromatic carbocycles. The Morgan fingerprint density at radius 2 is 0.724 bits per heavy atom. The number of thioether (sulfide) groups is 1. The molecule has 0 spiro atoms. The molecule has 9 aliphatic carbocycles. The van der Waals surface area contributed by atoms with Crippen molar-refractivity contribution in [2.45, 2.75) is 241 Å². The molecule has 12 aliphatic rings. The Bertz CT molecular complexity index is 4370. The van der Waals surface area contributed by atoms with Gasteiger partial charge in [0.05, 0.1) is 88.9 Å². The molecule has 33 heteroatoms. The molecule has 6 radical (unpaired) electrons. The molecule has 9 fully saturated rings. The number of thiocarbonyl (C=S) groups is 1. The molecule has 3 saturated heterocycles. The van der Waals surface area contributed by atoms with Gasteiger partial charge in [-0.3, -0.25) is 14.4 Å². The van der Waals surface area contributed by atoms with Crippen LogP contribution >= 0.6 is 24.0 Å². The van der Waals surface area contributed by atoms with Crippen molar-refractivity contribution in [2.75, 3.05) is 26.1 Å². The first kappa shape index (κ1) is 106. The normalized spacial score (nSPS) is 41.9. The molecule has 0 amide bonds. The third-order valence-electron chi connectivity index (χ3n) is 29.3. The van der Waals surface area contributed by atoms with Gasteiger partial charge in [0.2, 0.25) is 0 Å². The summed E-state index contributed by atoms with van der Waals surface area (Å²) in [5, 5.41) is 152. The Morgan fingerprint density at radius 3 is 1.04 bits per heavy atom. The molecule has 13 N–H and O–H groups in total. The summed E-state index contributed by atoms with van der Waals surface area (Å²) in [5.41, 5.74) is -17.0. The second-order valence-corrected chi connectivity index (χ2v) is 36.9. The van der Waals surface area contributed by atoms with Crippen molar-refractivity contribution in [3.63, 3.8) is 0 Å². The first-order valence-corrected chi connectivity index (χ1v) is 39.4. The van der Waals surface area contributed by atoms with Crippen molar-refractivity contribution in [3.8, 4) is 0 Å². The van der Waals surface area contributed by atoms with E-state index >= 15 is 0 Å². The van der Waals surface area contributed by atoms with E-state index in [0.29, 0.717) is 27.3 Å². The topological polar surface area (TPSA) is 421 Å². The maximum absolute atomic E-state index is 14.5. The Labute approximate surface area is 900 Å². The SMILES string of the molecule is CC1=C2C(O)C(=O)[C@]3(C)C(O)CC4OC[C@@]4(O)C3C(OC(=O)c3ccccc3)C(O)(CC1O)C2(C)C.CC1=C2C(O)C(=O)[C@]3(C)CCC4OC[C@@]4(O)C3C(OC(=O)c3ccccc3)C(O)(CC1O)C2(C)C.CSC(=S)[C@H]1CC2OC[C@@]2(O)C2C(OC(=O)c3ccccc3)C3(O)CC(O)C(C)=C(C(O)C(=O)[C@@]21C)C3(C)C.[Ac].[Ac].[Ac].[Ac].[Ac].[Ac]. The van der Waals surface area contributed by atoms with Crippen molar-refractivity contribution in [3.05, 3.63) is 141 Å². The average molecular weight is 2930 g/mol. The van der Waals surface area contributed by atoms with Crippen LogP contribution in [0, 0.1) is 321 Å². The van der Waals surface area contributed by atoms with E-state index in [0.717, 1.165) is 0 Å². The predicted molar refractivity (Wildman–Crippen MR) is 399 cm³/mol. The Balaban J connectivity index is 0.000000235. The van der Waals surface area contributed by atoms with Crippen molar-refractivity contribution in [1.29, 1.82) is 0 Å². The van der Waals surface area contributed by atoms with Crippen LogP contribution in [0.15, 0.2) is 124 Å². The molecule has 26 atom stereocenters. The number of hydrogen-bond donors (Lipinski definition) is 13. The third-order valence-corrected chi connectivity index (χ3v) is 30.8. The van der Waals surface area contributed by atoms with Crippen molar-refractivity contribution in [2.24, 2.45) is 56.2 Å². The number of ketones is 3. The van der Waals surface area contributed by atoms with E-state index < -0.39 is 204 Å². The van der Waals surface area contributed by atoms with Gasteiger partial charge in [0.1, 0.15) is 70.2 Å². The van der Waals surface area contributed by atoms with Gasteiger partial charge in [-0.15, -0.1) is 11.8 Å². The second-order valence-electron chi connectivity index (χ2n) is 35.4. The molecule has 3 aliphatic heterocycles. The molecule has 116 heavy (non-hydrogen) atoms. The molecule has 616 valence electrons. The van der Waals surface area contributed by atoms with E-state index in [-0.39, 0.29) is 356 Å². The summed E-state index contributed by atoms with van der Waals surface area (Å²) >= 11 is 7.02. The molecule has 15 rings (SSSR count). The average Bonchev–Trinajstić information content (AvgIpc) is 0.681. The van der Waals surface area contributed by atoms with Gasteiger partial charge in [0, 0.05) is 341 Å². The summed E-state index contributed by atoms with van der Waals surface area (Å²) in [5.74, 6) is -8.32.